The number of carbonyl (C=O) groups is 3. The van der Waals surface area contributed by atoms with E-state index in [2.05, 4.69) is 11.6 Å². The lowest BCUT2D eigenvalue weighted by atomic mass is 9.95. The van der Waals surface area contributed by atoms with E-state index in [4.69, 9.17) is 4.74 Å². The Labute approximate surface area is 209 Å². The Bertz CT molecular complexity index is 1430. The van der Waals surface area contributed by atoms with Crippen molar-refractivity contribution in [1.29, 1.82) is 0 Å². The molecular weight excluding hydrogens is 490 g/mol. The van der Waals surface area contributed by atoms with Crippen LogP contribution in [0.4, 0.5) is 13.9 Å². The van der Waals surface area contributed by atoms with E-state index in [1.807, 2.05) is 0 Å². The number of aromatic nitrogens is 1. The molecule has 1 atom stereocenters. The van der Waals surface area contributed by atoms with Gasteiger partial charge in [-0.15, -0.1) is 0 Å². The second-order valence-electron chi connectivity index (χ2n) is 7.98. The molecule has 0 bridgehead atoms. The third-order valence-electron chi connectivity index (χ3n) is 5.58. The second-order valence-corrected chi connectivity index (χ2v) is 8.96. The molecule has 184 valence electrons. The van der Waals surface area contributed by atoms with Gasteiger partial charge in [-0.1, -0.05) is 48.3 Å². The molecule has 0 aliphatic carbocycles. The second kappa shape index (κ2) is 9.82. The molecule has 1 aliphatic heterocycles. The quantitative estimate of drug-likeness (QED) is 0.165. The number of aliphatic hydroxyl groups excluding tert-OH is 1. The number of carbonyl (C=O) groups excluding carboxylic acids is 3. The van der Waals surface area contributed by atoms with E-state index >= 15 is 0 Å². The third kappa shape index (κ3) is 4.42. The first-order chi connectivity index (χ1) is 17.1. The van der Waals surface area contributed by atoms with Gasteiger partial charge in [-0.05, 0) is 43.2 Å². The highest BCUT2D eigenvalue weighted by atomic mass is 32.1. The van der Waals surface area contributed by atoms with E-state index in [0.29, 0.717) is 11.1 Å². The van der Waals surface area contributed by atoms with Crippen molar-refractivity contribution in [1.82, 2.24) is 4.98 Å². The summed E-state index contributed by atoms with van der Waals surface area (Å²) in [7, 11) is 0. The standard InChI is InChI=1S/C26H20F2N2O5S/c1-4-11-35-25(34)23-14(3)29-26(36-23)30-20(15-7-9-17(27)10-8-15)19(22(32)24(30)33)21(31)16-6-5-13(2)18(28)12-16/h4-10,12,20,31H,1,11H2,2-3H3. The predicted octanol–water partition coefficient (Wildman–Crippen LogP) is 5.01. The van der Waals surface area contributed by atoms with Crippen molar-refractivity contribution in [2.24, 2.45) is 0 Å². The average molecular weight is 511 g/mol. The maximum Gasteiger partial charge on any atom is 0.350 e. The van der Waals surface area contributed by atoms with Gasteiger partial charge in [0, 0.05) is 5.56 Å². The summed E-state index contributed by atoms with van der Waals surface area (Å²) in [4.78, 5) is 44.2. The van der Waals surface area contributed by atoms with Crippen molar-refractivity contribution in [2.45, 2.75) is 19.9 Å². The van der Waals surface area contributed by atoms with Gasteiger partial charge >= 0.3 is 11.9 Å². The van der Waals surface area contributed by atoms with Crippen LogP contribution >= 0.6 is 11.3 Å². The molecule has 10 heteroatoms. The number of thiazole rings is 1. The molecule has 1 aliphatic rings. The van der Waals surface area contributed by atoms with E-state index in [0.717, 1.165) is 34.4 Å². The Hall–Kier alpha value is -4.18. The molecule has 3 aromatic rings. The van der Waals surface area contributed by atoms with Crippen LogP contribution in [-0.4, -0.2) is 34.4 Å². The summed E-state index contributed by atoms with van der Waals surface area (Å²) in [5.41, 5.74) is 0.569. The fourth-order valence-electron chi connectivity index (χ4n) is 3.76. The summed E-state index contributed by atoms with van der Waals surface area (Å²) < 4.78 is 33.0. The Balaban J connectivity index is 1.89. The highest BCUT2D eigenvalue weighted by molar-refractivity contribution is 7.17. The first-order valence-corrected chi connectivity index (χ1v) is 11.5. The lowest BCUT2D eigenvalue weighted by Crippen LogP contribution is -2.29. The van der Waals surface area contributed by atoms with Gasteiger partial charge in [0.1, 0.15) is 28.9 Å². The molecule has 1 N–H and O–H groups in total. The van der Waals surface area contributed by atoms with E-state index in [1.165, 1.54) is 30.3 Å². The van der Waals surface area contributed by atoms with E-state index < -0.39 is 41.1 Å². The van der Waals surface area contributed by atoms with Crippen molar-refractivity contribution in [3.63, 3.8) is 0 Å². The summed E-state index contributed by atoms with van der Waals surface area (Å²) in [6.07, 6.45) is 1.40. The number of rotatable bonds is 6. The van der Waals surface area contributed by atoms with Crippen LogP contribution in [0, 0.1) is 25.5 Å². The van der Waals surface area contributed by atoms with Gasteiger partial charge in [-0.2, -0.15) is 0 Å². The molecule has 0 saturated carbocycles. The van der Waals surface area contributed by atoms with Crippen LogP contribution < -0.4 is 4.90 Å². The molecule has 1 unspecified atom stereocenters. The normalized spacial score (nSPS) is 16.9. The number of aryl methyl sites for hydroxylation is 2. The summed E-state index contributed by atoms with van der Waals surface area (Å²) >= 11 is 0.831. The van der Waals surface area contributed by atoms with Gasteiger partial charge in [0.15, 0.2) is 5.13 Å². The number of hydrogen-bond acceptors (Lipinski definition) is 7. The number of ether oxygens (including phenoxy) is 1. The fourth-order valence-corrected chi connectivity index (χ4v) is 4.75. The van der Waals surface area contributed by atoms with Crippen molar-refractivity contribution in [3.8, 4) is 0 Å². The van der Waals surface area contributed by atoms with Crippen LogP contribution in [0.15, 0.2) is 60.7 Å². The number of anilines is 1. The Kier molecular flexibility index (Phi) is 6.80. The molecule has 0 radical (unpaired) electrons. The van der Waals surface area contributed by atoms with Gasteiger partial charge < -0.3 is 9.84 Å². The summed E-state index contributed by atoms with van der Waals surface area (Å²) in [6.45, 7) is 6.54. The minimum Gasteiger partial charge on any atom is -0.507 e. The minimum absolute atomic E-state index is 0.00335. The number of Topliss-reactive ketones (excluding diaryl/α,β-unsaturated/α-hetero) is 1. The Morgan fingerprint density at radius 2 is 1.89 bits per heavy atom. The SMILES string of the molecule is C=CCOC(=O)c1sc(N2C(=O)C(=O)C(=C(O)c3ccc(C)c(F)c3)C2c2ccc(F)cc2)nc1C. The monoisotopic (exact) mass is 510 g/mol. The first-order valence-electron chi connectivity index (χ1n) is 10.7. The van der Waals surface area contributed by atoms with Crippen LogP contribution in [0.2, 0.25) is 0 Å². The molecule has 36 heavy (non-hydrogen) atoms. The Morgan fingerprint density at radius 3 is 2.53 bits per heavy atom. The molecule has 2 heterocycles. The van der Waals surface area contributed by atoms with Crippen LogP contribution in [0.1, 0.15) is 38.1 Å². The maximum absolute atomic E-state index is 14.2. The van der Waals surface area contributed by atoms with Crippen LogP contribution in [-0.2, 0) is 14.3 Å². The molecule has 0 spiro atoms. The number of ketones is 1. The van der Waals surface area contributed by atoms with Crippen molar-refractivity contribution < 1.29 is 33.0 Å². The zero-order chi connectivity index (χ0) is 26.1. The van der Waals surface area contributed by atoms with E-state index in [1.54, 1.807) is 13.8 Å². The number of aliphatic hydroxyl groups is 1. The molecule has 7 nitrogen and oxygen atoms in total. The van der Waals surface area contributed by atoms with Crippen LogP contribution in [0.25, 0.3) is 5.76 Å². The maximum atomic E-state index is 14.2. The Morgan fingerprint density at radius 1 is 1.19 bits per heavy atom. The molecule has 4 rings (SSSR count). The predicted molar refractivity (Wildman–Crippen MR) is 130 cm³/mol. The van der Waals surface area contributed by atoms with Gasteiger partial charge in [0.25, 0.3) is 5.78 Å². The number of benzene rings is 2. The smallest absolute Gasteiger partial charge is 0.350 e. The lowest BCUT2D eigenvalue weighted by molar-refractivity contribution is -0.132. The number of amides is 1. The first kappa shape index (κ1) is 24.9. The van der Waals surface area contributed by atoms with Gasteiger partial charge in [-0.25, -0.2) is 18.6 Å². The van der Waals surface area contributed by atoms with Crippen molar-refractivity contribution >= 4 is 39.9 Å². The number of halogens is 2. The largest absolute Gasteiger partial charge is 0.507 e. The van der Waals surface area contributed by atoms with E-state index in [-0.39, 0.29) is 33.4 Å². The van der Waals surface area contributed by atoms with Crippen molar-refractivity contribution in [2.75, 3.05) is 11.5 Å². The van der Waals surface area contributed by atoms with Gasteiger partial charge in [-0.3, -0.25) is 14.5 Å². The molecule has 1 aromatic heterocycles. The molecular formula is C26H20F2N2O5S. The molecule has 1 saturated heterocycles. The number of nitrogens with zero attached hydrogens (tertiary/aromatic N) is 2. The summed E-state index contributed by atoms with van der Waals surface area (Å²) in [6, 6.07) is 7.71. The van der Waals surface area contributed by atoms with E-state index in [9.17, 15) is 28.3 Å². The summed E-state index contributed by atoms with van der Waals surface area (Å²) in [5, 5.41) is 11.1. The third-order valence-corrected chi connectivity index (χ3v) is 6.72. The topological polar surface area (TPSA) is 96.8 Å². The highest BCUT2D eigenvalue weighted by Crippen LogP contribution is 2.44. The highest BCUT2D eigenvalue weighted by Gasteiger charge is 2.48. The summed E-state index contributed by atoms with van der Waals surface area (Å²) in [5.74, 6) is -4.48. The molecule has 2 aromatic carbocycles. The van der Waals surface area contributed by atoms with Crippen LogP contribution in [0.5, 0.6) is 0 Å². The average Bonchev–Trinajstić information content (AvgIpc) is 3.36. The number of hydrogen-bond donors (Lipinski definition) is 1. The molecule has 1 fully saturated rings. The van der Waals surface area contributed by atoms with Crippen LogP contribution in [0.3, 0.4) is 0 Å². The van der Waals surface area contributed by atoms with Crippen molar-refractivity contribution in [3.05, 3.63) is 99.6 Å². The zero-order valence-corrected chi connectivity index (χ0v) is 20.1. The fraction of sp³-hybridized carbons (Fsp3) is 0.154. The number of esters is 1. The minimum atomic E-state index is -1.21. The molecule has 1 amide bonds. The van der Waals surface area contributed by atoms with Gasteiger partial charge in [0.05, 0.1) is 17.3 Å². The lowest BCUT2D eigenvalue weighted by Gasteiger charge is -2.23. The zero-order valence-electron chi connectivity index (χ0n) is 19.2. The van der Waals surface area contributed by atoms with Gasteiger partial charge in [0.2, 0.25) is 0 Å².